The molecule has 0 aromatic carbocycles. The Bertz CT molecular complexity index is 777. The number of H-pyrrole nitrogens is 1. The minimum Gasteiger partial charge on any atom is -0.414 e. The van der Waals surface area contributed by atoms with Crippen molar-refractivity contribution in [2.75, 3.05) is 11.9 Å². The van der Waals surface area contributed by atoms with Crippen molar-refractivity contribution in [1.82, 2.24) is 9.55 Å². The summed E-state index contributed by atoms with van der Waals surface area (Å²) in [6.45, 7) is 10.6. The van der Waals surface area contributed by atoms with Crippen LogP contribution in [0.5, 0.6) is 0 Å². The molecule has 10 heteroatoms. The third kappa shape index (κ3) is 4.18. The molecule has 2 rings (SSSR count). The smallest absolute Gasteiger partial charge is 0.330 e. The lowest BCUT2D eigenvalue weighted by atomic mass is 10.0. The van der Waals surface area contributed by atoms with Gasteiger partial charge in [0.15, 0.2) is 14.5 Å². The first-order chi connectivity index (χ1) is 11.8. The molecule has 0 aliphatic carbocycles. The molecule has 1 aromatic heterocycles. The van der Waals surface area contributed by atoms with Crippen LogP contribution < -0.4 is 11.2 Å². The molecule has 0 unspecified atom stereocenters. The average molecular weight is 455 g/mol. The lowest BCUT2D eigenvalue weighted by Crippen LogP contribution is -2.47. The Balaban J connectivity index is 2.25. The van der Waals surface area contributed by atoms with Gasteiger partial charge >= 0.3 is 5.69 Å². The summed E-state index contributed by atoms with van der Waals surface area (Å²) in [5.74, 6) is -1.17. The fraction of sp³-hybridized carbons (Fsp3) is 0.750. The molecule has 0 bridgehead atoms. The summed E-state index contributed by atoms with van der Waals surface area (Å²) >= 11 is 3.35. The quantitative estimate of drug-likeness (QED) is 0.547. The van der Waals surface area contributed by atoms with Crippen molar-refractivity contribution < 1.29 is 17.9 Å². The molecule has 26 heavy (non-hydrogen) atoms. The molecule has 1 N–H and O–H groups in total. The maximum atomic E-state index is 14.7. The van der Waals surface area contributed by atoms with Gasteiger partial charge in [0.2, 0.25) is 5.82 Å². The summed E-state index contributed by atoms with van der Waals surface area (Å²) in [5.41, 5.74) is -3.04. The van der Waals surface area contributed by atoms with Gasteiger partial charge in [-0.25, -0.2) is 9.18 Å². The second kappa shape index (κ2) is 7.29. The number of hydrogen-bond donors (Lipinski definition) is 1. The van der Waals surface area contributed by atoms with Crippen molar-refractivity contribution in [2.24, 2.45) is 0 Å². The van der Waals surface area contributed by atoms with Crippen molar-refractivity contribution in [3.8, 4) is 0 Å². The van der Waals surface area contributed by atoms with Crippen molar-refractivity contribution in [3.05, 3.63) is 32.9 Å². The molecule has 0 saturated carbocycles. The standard InChI is InChI=1S/C16H25BrF2N2O4Si/c1-15(2,3)26(4,5)24-9-16(8-17)6-10(18)13(25-16)21-7-11(19)12(22)20-14(21)23/h7,10,13H,6,8-9H2,1-5H3,(H,20,22,23)/t10-,13+,16+/m0/s1. The fourth-order valence-electron chi connectivity index (χ4n) is 2.46. The van der Waals surface area contributed by atoms with Gasteiger partial charge in [-0.3, -0.25) is 14.3 Å². The van der Waals surface area contributed by atoms with Crippen LogP contribution >= 0.6 is 15.9 Å². The van der Waals surface area contributed by atoms with E-state index >= 15 is 0 Å². The van der Waals surface area contributed by atoms with Gasteiger partial charge < -0.3 is 9.16 Å². The Morgan fingerprint density at radius 1 is 1.46 bits per heavy atom. The topological polar surface area (TPSA) is 73.3 Å². The minimum absolute atomic E-state index is 0.00920. The molecule has 1 aliphatic rings. The van der Waals surface area contributed by atoms with E-state index in [0.717, 1.165) is 4.57 Å². The number of halogens is 3. The molecule has 6 nitrogen and oxygen atoms in total. The van der Waals surface area contributed by atoms with E-state index in [9.17, 15) is 18.4 Å². The number of aromatic amines is 1. The number of rotatable bonds is 5. The van der Waals surface area contributed by atoms with E-state index < -0.39 is 43.4 Å². The van der Waals surface area contributed by atoms with Gasteiger partial charge in [0.05, 0.1) is 12.8 Å². The van der Waals surface area contributed by atoms with Crippen LogP contribution in [0.1, 0.15) is 33.4 Å². The summed E-state index contributed by atoms with van der Waals surface area (Å²) in [7, 11) is -2.09. The molecule has 0 radical (unpaired) electrons. The Kier molecular flexibility index (Phi) is 6.02. The average Bonchev–Trinajstić information content (AvgIpc) is 2.85. The number of hydrogen-bond acceptors (Lipinski definition) is 4. The molecule has 1 aliphatic heterocycles. The van der Waals surface area contributed by atoms with E-state index in [-0.39, 0.29) is 18.1 Å². The van der Waals surface area contributed by atoms with Crippen LogP contribution in [-0.2, 0) is 9.16 Å². The van der Waals surface area contributed by atoms with E-state index in [1.54, 1.807) is 0 Å². The van der Waals surface area contributed by atoms with Crippen LogP contribution in [0.25, 0.3) is 0 Å². The van der Waals surface area contributed by atoms with Crippen LogP contribution in [0.4, 0.5) is 8.78 Å². The summed E-state index contributed by atoms with van der Waals surface area (Å²) in [6.07, 6.45) is -2.20. The SMILES string of the molecule is CC(C)(C)[Si](C)(C)OC[C@]1(CBr)C[C@H](F)[C@H](n2cc(F)c(=O)[nH]c2=O)O1. The van der Waals surface area contributed by atoms with Gasteiger partial charge in [-0.2, -0.15) is 4.39 Å². The Hall–Kier alpha value is -0.843. The van der Waals surface area contributed by atoms with Gasteiger partial charge in [-0.05, 0) is 18.1 Å². The molecular formula is C16H25BrF2N2O4Si. The van der Waals surface area contributed by atoms with E-state index in [0.29, 0.717) is 11.5 Å². The first kappa shape index (κ1) is 21.5. The fourth-order valence-corrected chi connectivity index (χ4v) is 4.04. The zero-order valence-electron chi connectivity index (χ0n) is 15.6. The number of ether oxygens (including phenoxy) is 1. The zero-order valence-corrected chi connectivity index (χ0v) is 18.2. The largest absolute Gasteiger partial charge is 0.414 e. The van der Waals surface area contributed by atoms with E-state index in [1.165, 1.54) is 0 Å². The number of aromatic nitrogens is 2. The van der Waals surface area contributed by atoms with Gasteiger partial charge in [0.25, 0.3) is 5.56 Å². The van der Waals surface area contributed by atoms with Crippen molar-refractivity contribution >= 4 is 24.2 Å². The molecule has 2 heterocycles. The normalized spacial score (nSPS) is 27.1. The second-order valence-corrected chi connectivity index (χ2v) is 13.6. The Labute approximate surface area is 160 Å². The number of nitrogens with zero attached hydrogens (tertiary/aromatic N) is 1. The molecule has 0 amide bonds. The molecule has 1 fully saturated rings. The summed E-state index contributed by atoms with van der Waals surface area (Å²) in [6, 6.07) is 0. The highest BCUT2D eigenvalue weighted by Gasteiger charge is 2.49. The van der Waals surface area contributed by atoms with Crippen molar-refractivity contribution in [1.29, 1.82) is 0 Å². The van der Waals surface area contributed by atoms with Crippen LogP contribution in [-0.4, -0.2) is 41.6 Å². The lowest BCUT2D eigenvalue weighted by Gasteiger charge is -2.39. The highest BCUT2D eigenvalue weighted by Crippen LogP contribution is 2.42. The first-order valence-corrected chi connectivity index (χ1v) is 12.4. The van der Waals surface area contributed by atoms with Gasteiger partial charge in [-0.15, -0.1) is 0 Å². The van der Waals surface area contributed by atoms with Gasteiger partial charge in [0.1, 0.15) is 11.8 Å². The third-order valence-electron chi connectivity index (χ3n) is 5.19. The second-order valence-electron chi connectivity index (χ2n) is 8.24. The summed E-state index contributed by atoms with van der Waals surface area (Å²) < 4.78 is 41.0. The molecular weight excluding hydrogens is 430 g/mol. The molecule has 148 valence electrons. The van der Waals surface area contributed by atoms with Crippen molar-refractivity contribution in [2.45, 2.75) is 63.3 Å². The van der Waals surface area contributed by atoms with Gasteiger partial charge in [-0.1, -0.05) is 36.7 Å². The minimum atomic E-state index is -2.09. The predicted octanol–water partition coefficient (Wildman–Crippen LogP) is 3.09. The highest BCUT2D eigenvalue weighted by molar-refractivity contribution is 9.09. The zero-order chi connectivity index (χ0) is 19.9. The van der Waals surface area contributed by atoms with Crippen molar-refractivity contribution in [3.63, 3.8) is 0 Å². The number of alkyl halides is 2. The van der Waals surface area contributed by atoms with E-state index in [4.69, 9.17) is 9.16 Å². The van der Waals surface area contributed by atoms with E-state index in [1.807, 2.05) is 4.98 Å². The first-order valence-electron chi connectivity index (χ1n) is 8.35. The Morgan fingerprint density at radius 2 is 2.08 bits per heavy atom. The molecule has 0 spiro atoms. The number of nitrogens with one attached hydrogen (secondary N) is 1. The monoisotopic (exact) mass is 454 g/mol. The van der Waals surface area contributed by atoms with Crippen LogP contribution in [0, 0.1) is 5.82 Å². The maximum absolute atomic E-state index is 14.7. The summed E-state index contributed by atoms with van der Waals surface area (Å²) in [4.78, 5) is 24.9. The van der Waals surface area contributed by atoms with Crippen LogP contribution in [0.3, 0.4) is 0 Å². The molecule has 1 saturated heterocycles. The molecule has 3 atom stereocenters. The Morgan fingerprint density at radius 3 is 2.62 bits per heavy atom. The highest BCUT2D eigenvalue weighted by atomic mass is 79.9. The van der Waals surface area contributed by atoms with Crippen LogP contribution in [0.2, 0.25) is 18.1 Å². The third-order valence-corrected chi connectivity index (χ3v) is 10.7. The van der Waals surface area contributed by atoms with E-state index in [2.05, 4.69) is 49.8 Å². The predicted molar refractivity (Wildman–Crippen MR) is 101 cm³/mol. The maximum Gasteiger partial charge on any atom is 0.330 e. The molecule has 1 aromatic rings. The van der Waals surface area contributed by atoms with Gasteiger partial charge in [0, 0.05) is 11.8 Å². The summed E-state index contributed by atoms with van der Waals surface area (Å²) in [5, 5.41) is 0.277. The van der Waals surface area contributed by atoms with Crippen LogP contribution in [0.15, 0.2) is 15.8 Å². The lowest BCUT2D eigenvalue weighted by molar-refractivity contribution is -0.0897.